The Bertz CT molecular complexity index is 461. The third kappa shape index (κ3) is 3.04. The highest BCUT2D eigenvalue weighted by molar-refractivity contribution is 5.97. The maximum absolute atomic E-state index is 12.0. The van der Waals surface area contributed by atoms with E-state index in [-0.39, 0.29) is 12.3 Å². The van der Waals surface area contributed by atoms with E-state index in [9.17, 15) is 9.59 Å². The van der Waals surface area contributed by atoms with Crippen LogP contribution in [0, 0.1) is 6.92 Å². The van der Waals surface area contributed by atoms with Gasteiger partial charge in [-0.3, -0.25) is 9.78 Å². The van der Waals surface area contributed by atoms with Crippen molar-refractivity contribution in [2.75, 3.05) is 13.7 Å². The molecule has 0 aliphatic heterocycles. The SMILES string of the molecule is COCC(C)(NC(=O)c1ncccc1C)C(=O)O. The van der Waals surface area contributed by atoms with Crippen LogP contribution in [0.25, 0.3) is 0 Å². The van der Waals surface area contributed by atoms with Gasteiger partial charge in [-0.1, -0.05) is 6.07 Å². The van der Waals surface area contributed by atoms with Crippen molar-refractivity contribution < 1.29 is 19.4 Å². The van der Waals surface area contributed by atoms with Crippen molar-refractivity contribution in [2.45, 2.75) is 19.4 Å². The van der Waals surface area contributed by atoms with Gasteiger partial charge in [0.25, 0.3) is 5.91 Å². The lowest BCUT2D eigenvalue weighted by atomic mass is 10.0. The van der Waals surface area contributed by atoms with E-state index in [4.69, 9.17) is 9.84 Å². The molecular formula is C12H16N2O4. The fraction of sp³-hybridized carbons (Fsp3) is 0.417. The lowest BCUT2D eigenvalue weighted by Crippen LogP contribution is -2.55. The minimum Gasteiger partial charge on any atom is -0.479 e. The Labute approximate surface area is 105 Å². The number of hydrogen-bond donors (Lipinski definition) is 2. The first-order valence-electron chi connectivity index (χ1n) is 5.37. The molecule has 1 aromatic rings. The maximum atomic E-state index is 12.0. The number of hydrogen-bond acceptors (Lipinski definition) is 4. The molecule has 0 saturated heterocycles. The molecule has 6 nitrogen and oxygen atoms in total. The fourth-order valence-electron chi connectivity index (χ4n) is 1.47. The molecule has 0 spiro atoms. The minimum atomic E-state index is -1.48. The topological polar surface area (TPSA) is 88.5 Å². The average Bonchev–Trinajstić information content (AvgIpc) is 2.29. The first-order chi connectivity index (χ1) is 8.40. The summed E-state index contributed by atoms with van der Waals surface area (Å²) in [6, 6.07) is 3.44. The third-order valence-corrected chi connectivity index (χ3v) is 2.52. The van der Waals surface area contributed by atoms with Crippen LogP contribution in [-0.2, 0) is 9.53 Å². The molecule has 0 aliphatic rings. The lowest BCUT2D eigenvalue weighted by molar-refractivity contribution is -0.145. The molecule has 0 bridgehead atoms. The number of rotatable bonds is 5. The number of carboxylic acid groups (broad SMARTS) is 1. The molecule has 1 rings (SSSR count). The molecule has 1 heterocycles. The van der Waals surface area contributed by atoms with Crippen molar-refractivity contribution in [3.05, 3.63) is 29.6 Å². The van der Waals surface area contributed by atoms with E-state index in [0.717, 1.165) is 0 Å². The van der Waals surface area contributed by atoms with Crippen LogP contribution in [0.15, 0.2) is 18.3 Å². The zero-order chi connectivity index (χ0) is 13.8. The highest BCUT2D eigenvalue weighted by atomic mass is 16.5. The fourth-order valence-corrected chi connectivity index (χ4v) is 1.47. The number of amides is 1. The van der Waals surface area contributed by atoms with Crippen molar-refractivity contribution in [1.82, 2.24) is 10.3 Å². The number of ether oxygens (including phenoxy) is 1. The van der Waals surface area contributed by atoms with Crippen molar-refractivity contribution in [2.24, 2.45) is 0 Å². The Balaban J connectivity index is 2.93. The number of aryl methyl sites for hydroxylation is 1. The van der Waals surface area contributed by atoms with Crippen LogP contribution in [0.2, 0.25) is 0 Å². The zero-order valence-corrected chi connectivity index (χ0v) is 10.6. The van der Waals surface area contributed by atoms with Crippen molar-refractivity contribution in [3.63, 3.8) is 0 Å². The summed E-state index contributed by atoms with van der Waals surface area (Å²) in [6.45, 7) is 2.99. The van der Waals surface area contributed by atoms with Gasteiger partial charge >= 0.3 is 5.97 Å². The highest BCUT2D eigenvalue weighted by Gasteiger charge is 2.35. The molecule has 0 saturated carbocycles. The smallest absolute Gasteiger partial charge is 0.331 e. The van der Waals surface area contributed by atoms with Crippen LogP contribution >= 0.6 is 0 Å². The second-order valence-corrected chi connectivity index (χ2v) is 4.19. The van der Waals surface area contributed by atoms with Gasteiger partial charge in [-0.05, 0) is 25.5 Å². The predicted molar refractivity (Wildman–Crippen MR) is 64.4 cm³/mol. The standard InChI is InChI=1S/C12H16N2O4/c1-8-5-4-6-13-9(8)10(15)14-12(2,7-18-3)11(16)17/h4-6H,7H2,1-3H3,(H,14,15)(H,16,17). The van der Waals surface area contributed by atoms with Gasteiger partial charge in [0.2, 0.25) is 0 Å². The molecule has 0 aromatic carbocycles. The van der Waals surface area contributed by atoms with Gasteiger partial charge in [0.05, 0.1) is 6.61 Å². The Hall–Kier alpha value is -1.95. The van der Waals surface area contributed by atoms with Crippen LogP contribution in [0.3, 0.4) is 0 Å². The molecule has 1 aromatic heterocycles. The molecular weight excluding hydrogens is 236 g/mol. The molecule has 0 aliphatic carbocycles. The van der Waals surface area contributed by atoms with Gasteiger partial charge in [-0.2, -0.15) is 0 Å². The third-order valence-electron chi connectivity index (χ3n) is 2.52. The quantitative estimate of drug-likeness (QED) is 0.801. The number of aliphatic carboxylic acids is 1. The van der Waals surface area contributed by atoms with Crippen molar-refractivity contribution >= 4 is 11.9 Å². The van der Waals surface area contributed by atoms with E-state index in [2.05, 4.69) is 10.3 Å². The van der Waals surface area contributed by atoms with E-state index in [1.54, 1.807) is 19.1 Å². The highest BCUT2D eigenvalue weighted by Crippen LogP contribution is 2.09. The summed E-state index contributed by atoms with van der Waals surface area (Å²) in [4.78, 5) is 27.1. The monoisotopic (exact) mass is 252 g/mol. The number of carboxylic acids is 1. The van der Waals surface area contributed by atoms with Gasteiger partial charge in [0.15, 0.2) is 5.54 Å². The largest absolute Gasteiger partial charge is 0.479 e. The van der Waals surface area contributed by atoms with Crippen LogP contribution < -0.4 is 5.32 Å². The van der Waals surface area contributed by atoms with E-state index in [1.807, 2.05) is 0 Å². The summed E-state index contributed by atoms with van der Waals surface area (Å²) in [5.74, 6) is -1.69. The Morgan fingerprint density at radius 1 is 1.56 bits per heavy atom. The van der Waals surface area contributed by atoms with Crippen molar-refractivity contribution in [1.29, 1.82) is 0 Å². The maximum Gasteiger partial charge on any atom is 0.331 e. The summed E-state index contributed by atoms with van der Waals surface area (Å²) < 4.78 is 4.82. The number of carbonyl (C=O) groups excluding carboxylic acids is 1. The Morgan fingerprint density at radius 3 is 2.72 bits per heavy atom. The summed E-state index contributed by atoms with van der Waals surface area (Å²) in [5, 5.41) is 11.5. The first kappa shape index (κ1) is 14.1. The zero-order valence-electron chi connectivity index (χ0n) is 10.6. The van der Waals surface area contributed by atoms with Crippen LogP contribution in [-0.4, -0.2) is 41.2 Å². The number of carbonyl (C=O) groups is 2. The molecule has 1 amide bonds. The molecule has 1 atom stereocenters. The predicted octanol–water partition coefficient (Wildman–Crippen LogP) is 0.610. The van der Waals surface area contributed by atoms with E-state index < -0.39 is 17.4 Å². The summed E-state index contributed by atoms with van der Waals surface area (Å²) in [5.41, 5.74) is -0.586. The molecule has 6 heteroatoms. The molecule has 0 fully saturated rings. The lowest BCUT2D eigenvalue weighted by Gasteiger charge is -2.25. The van der Waals surface area contributed by atoms with Gasteiger partial charge in [0, 0.05) is 13.3 Å². The molecule has 98 valence electrons. The number of pyridine rings is 1. The van der Waals surface area contributed by atoms with E-state index >= 15 is 0 Å². The van der Waals surface area contributed by atoms with Gasteiger partial charge < -0.3 is 15.2 Å². The number of methoxy groups -OCH3 is 1. The van der Waals surface area contributed by atoms with Gasteiger partial charge in [0.1, 0.15) is 5.69 Å². The summed E-state index contributed by atoms with van der Waals surface area (Å²) in [6.07, 6.45) is 1.48. The van der Waals surface area contributed by atoms with Crippen LogP contribution in [0.5, 0.6) is 0 Å². The van der Waals surface area contributed by atoms with Gasteiger partial charge in [-0.25, -0.2) is 4.79 Å². The summed E-state index contributed by atoms with van der Waals surface area (Å²) >= 11 is 0. The number of nitrogens with zero attached hydrogens (tertiary/aromatic N) is 1. The van der Waals surface area contributed by atoms with Crippen LogP contribution in [0.4, 0.5) is 0 Å². The molecule has 0 radical (unpaired) electrons. The van der Waals surface area contributed by atoms with E-state index in [0.29, 0.717) is 5.56 Å². The van der Waals surface area contributed by atoms with Crippen LogP contribution in [0.1, 0.15) is 23.0 Å². The number of nitrogens with one attached hydrogen (secondary N) is 1. The molecule has 1 unspecified atom stereocenters. The van der Waals surface area contributed by atoms with Gasteiger partial charge in [-0.15, -0.1) is 0 Å². The molecule has 2 N–H and O–H groups in total. The Kier molecular flexibility index (Phi) is 4.38. The van der Waals surface area contributed by atoms with Crippen molar-refractivity contribution in [3.8, 4) is 0 Å². The Morgan fingerprint density at radius 2 is 2.22 bits per heavy atom. The first-order valence-corrected chi connectivity index (χ1v) is 5.37. The second kappa shape index (κ2) is 5.59. The summed E-state index contributed by atoms with van der Waals surface area (Å²) in [7, 11) is 1.37. The van der Waals surface area contributed by atoms with E-state index in [1.165, 1.54) is 20.2 Å². The second-order valence-electron chi connectivity index (χ2n) is 4.19. The normalized spacial score (nSPS) is 13.7. The minimum absolute atomic E-state index is 0.125. The average molecular weight is 252 g/mol. The molecule has 18 heavy (non-hydrogen) atoms. The number of aromatic nitrogens is 1.